The van der Waals surface area contributed by atoms with Crippen molar-refractivity contribution >= 4 is 41.3 Å². The van der Waals surface area contributed by atoms with E-state index in [2.05, 4.69) is 15.3 Å². The molecule has 0 amide bonds. The van der Waals surface area contributed by atoms with Crippen LogP contribution in [-0.4, -0.2) is 23.3 Å². The van der Waals surface area contributed by atoms with Gasteiger partial charge in [-0.3, -0.25) is 0 Å². The summed E-state index contributed by atoms with van der Waals surface area (Å²) in [5.74, 6) is 0. The Morgan fingerprint density at radius 3 is 2.65 bits per heavy atom. The smallest absolute Gasteiger partial charge is 0.222 e. The molecule has 7 heteroatoms. The van der Waals surface area contributed by atoms with Crippen LogP contribution < -0.4 is 10.6 Å². The van der Waals surface area contributed by atoms with E-state index >= 15 is 0 Å². The predicted octanol–water partition coefficient (Wildman–Crippen LogP) is 3.64. The molecule has 0 saturated heterocycles. The summed E-state index contributed by atoms with van der Waals surface area (Å²) in [7, 11) is -2.35. The van der Waals surface area contributed by atoms with Gasteiger partial charge in [-0.25, -0.2) is 9.97 Å². The number of halogens is 2. The Kier molecular flexibility index (Phi) is 4.69. The monoisotopic (exact) mass is 329 g/mol. The number of benzene rings is 1. The summed E-state index contributed by atoms with van der Waals surface area (Å²) in [6.07, 6.45) is 1.46. The third kappa shape index (κ3) is 3.72. The zero-order valence-electron chi connectivity index (χ0n) is 11.1. The summed E-state index contributed by atoms with van der Waals surface area (Å²) in [6.45, 7) is 3.86. The van der Waals surface area contributed by atoms with Gasteiger partial charge in [-0.1, -0.05) is 23.7 Å². The molecule has 106 valence electrons. The average Bonchev–Trinajstić information content (AvgIpc) is 2.39. The Labute approximate surface area is 127 Å². The Balaban J connectivity index is 2.24. The minimum Gasteiger partial charge on any atom is -0.379 e. The number of hydrogen-bond acceptors (Lipinski definition) is 4. The molecular formula is C13H14Cl2N3OP. The van der Waals surface area contributed by atoms with Crippen LogP contribution in [0.3, 0.4) is 0 Å². The number of anilines is 1. The molecule has 0 radical (unpaired) electrons. The van der Waals surface area contributed by atoms with Gasteiger partial charge in [0.2, 0.25) is 5.28 Å². The molecule has 0 aliphatic rings. The fourth-order valence-electron chi connectivity index (χ4n) is 1.77. The van der Waals surface area contributed by atoms with Crippen LogP contribution in [0.25, 0.3) is 0 Å². The van der Waals surface area contributed by atoms with Crippen molar-refractivity contribution in [1.82, 2.24) is 9.97 Å². The highest BCUT2D eigenvalue weighted by Crippen LogP contribution is 2.37. The number of nitrogens with one attached hydrogen (secondary N) is 1. The van der Waals surface area contributed by atoms with Crippen molar-refractivity contribution in [1.29, 1.82) is 0 Å². The van der Waals surface area contributed by atoms with Crippen molar-refractivity contribution < 1.29 is 4.57 Å². The van der Waals surface area contributed by atoms with Crippen LogP contribution in [0.15, 0.2) is 30.5 Å². The maximum Gasteiger partial charge on any atom is 0.222 e. The summed E-state index contributed by atoms with van der Waals surface area (Å²) < 4.78 is 12.3. The fourth-order valence-corrected chi connectivity index (χ4v) is 3.26. The van der Waals surface area contributed by atoms with E-state index in [9.17, 15) is 4.57 Å². The molecule has 1 aromatic carbocycles. The first-order valence-corrected chi connectivity index (χ1v) is 9.29. The molecule has 0 aliphatic heterocycles. The summed E-state index contributed by atoms with van der Waals surface area (Å²) in [4.78, 5) is 7.87. The van der Waals surface area contributed by atoms with Crippen LogP contribution in [0.5, 0.6) is 0 Å². The van der Waals surface area contributed by atoms with Crippen LogP contribution in [-0.2, 0) is 11.1 Å². The highest BCUT2D eigenvalue weighted by Gasteiger charge is 2.15. The molecule has 0 atom stereocenters. The van der Waals surface area contributed by atoms with Gasteiger partial charge in [-0.15, -0.1) is 0 Å². The second kappa shape index (κ2) is 6.13. The third-order valence-corrected chi connectivity index (χ3v) is 4.77. The number of nitrogens with zero attached hydrogens (tertiary/aromatic N) is 2. The summed E-state index contributed by atoms with van der Waals surface area (Å²) in [6, 6.07) is 7.49. The van der Waals surface area contributed by atoms with E-state index in [0.29, 0.717) is 17.3 Å². The molecule has 0 spiro atoms. The molecule has 0 unspecified atom stereocenters. The molecule has 1 heterocycles. The van der Waals surface area contributed by atoms with Crippen molar-refractivity contribution in [3.05, 3.63) is 46.5 Å². The first-order chi connectivity index (χ1) is 9.38. The van der Waals surface area contributed by atoms with Gasteiger partial charge in [0, 0.05) is 11.0 Å². The maximum absolute atomic E-state index is 12.3. The molecule has 1 aromatic heterocycles. The van der Waals surface area contributed by atoms with E-state index in [0.717, 1.165) is 11.0 Å². The van der Waals surface area contributed by atoms with Crippen molar-refractivity contribution in [3.8, 4) is 0 Å². The van der Waals surface area contributed by atoms with Crippen LogP contribution in [0.1, 0.15) is 5.69 Å². The lowest BCUT2D eigenvalue weighted by molar-refractivity contribution is 0.588. The fraction of sp³-hybridized carbons (Fsp3) is 0.231. The highest BCUT2D eigenvalue weighted by molar-refractivity contribution is 7.70. The Morgan fingerprint density at radius 1 is 1.25 bits per heavy atom. The zero-order chi connectivity index (χ0) is 14.8. The number of para-hydroxylation sites is 1. The Bertz CT molecular complexity index is 672. The van der Waals surface area contributed by atoms with E-state index in [1.54, 1.807) is 13.3 Å². The summed E-state index contributed by atoms with van der Waals surface area (Å²) in [5.41, 5.74) is 1.41. The van der Waals surface area contributed by atoms with Crippen LogP contribution in [0.4, 0.5) is 5.69 Å². The second-order valence-electron chi connectivity index (χ2n) is 4.66. The zero-order valence-corrected chi connectivity index (χ0v) is 13.5. The average molecular weight is 330 g/mol. The number of aromatic nitrogens is 2. The second-order valence-corrected chi connectivity index (χ2v) is 8.58. The normalized spacial score (nSPS) is 11.4. The van der Waals surface area contributed by atoms with Gasteiger partial charge in [-0.2, -0.15) is 0 Å². The predicted molar refractivity (Wildman–Crippen MR) is 84.9 cm³/mol. The van der Waals surface area contributed by atoms with Crippen molar-refractivity contribution in [3.63, 3.8) is 0 Å². The standard InChI is InChI=1S/C13H14Cl2N3OP/c1-20(2,19)12-6-4-3-5-10(12)16-8-11-9(14)7-17-13(15)18-11/h3-7,16H,8H2,1-2H3. The first kappa shape index (κ1) is 15.3. The van der Waals surface area contributed by atoms with Gasteiger partial charge in [0.25, 0.3) is 0 Å². The van der Waals surface area contributed by atoms with Crippen LogP contribution in [0, 0.1) is 0 Å². The molecule has 0 aliphatic carbocycles. The van der Waals surface area contributed by atoms with Crippen molar-refractivity contribution in [2.24, 2.45) is 0 Å². The number of rotatable bonds is 4. The SMILES string of the molecule is CP(C)(=O)c1ccccc1NCc1nc(Cl)ncc1Cl. The van der Waals surface area contributed by atoms with E-state index in [-0.39, 0.29) is 5.28 Å². The minimum absolute atomic E-state index is 0.149. The first-order valence-electron chi connectivity index (χ1n) is 5.93. The molecule has 0 bridgehead atoms. The molecule has 0 saturated carbocycles. The van der Waals surface area contributed by atoms with Gasteiger partial charge in [0.15, 0.2) is 0 Å². The lowest BCUT2D eigenvalue weighted by Gasteiger charge is -2.15. The highest BCUT2D eigenvalue weighted by atomic mass is 35.5. The molecule has 4 nitrogen and oxygen atoms in total. The van der Waals surface area contributed by atoms with Crippen molar-refractivity contribution in [2.45, 2.75) is 6.54 Å². The van der Waals surface area contributed by atoms with Gasteiger partial charge in [-0.05, 0) is 37.1 Å². The molecule has 2 rings (SSSR count). The van der Waals surface area contributed by atoms with Gasteiger partial charge in [0.05, 0.1) is 23.5 Å². The maximum atomic E-state index is 12.3. The molecule has 1 N–H and O–H groups in total. The third-order valence-electron chi connectivity index (χ3n) is 2.72. The van der Waals surface area contributed by atoms with Crippen LogP contribution >= 0.6 is 30.3 Å². The Morgan fingerprint density at radius 2 is 1.95 bits per heavy atom. The summed E-state index contributed by atoms with van der Waals surface area (Å²) >= 11 is 11.8. The lowest BCUT2D eigenvalue weighted by atomic mass is 10.3. The minimum atomic E-state index is -2.35. The van der Waals surface area contributed by atoms with Gasteiger partial charge < -0.3 is 9.88 Å². The van der Waals surface area contributed by atoms with E-state index < -0.39 is 7.14 Å². The molecular weight excluding hydrogens is 316 g/mol. The van der Waals surface area contributed by atoms with Gasteiger partial charge in [0.1, 0.15) is 7.14 Å². The van der Waals surface area contributed by atoms with E-state index in [1.165, 1.54) is 6.20 Å². The number of hydrogen-bond donors (Lipinski definition) is 1. The molecule has 0 fully saturated rings. The molecule has 20 heavy (non-hydrogen) atoms. The quantitative estimate of drug-likeness (QED) is 0.687. The van der Waals surface area contributed by atoms with Crippen LogP contribution in [0.2, 0.25) is 10.3 Å². The van der Waals surface area contributed by atoms with Crippen molar-refractivity contribution in [2.75, 3.05) is 18.6 Å². The topological polar surface area (TPSA) is 54.9 Å². The van der Waals surface area contributed by atoms with E-state index in [1.807, 2.05) is 24.3 Å². The van der Waals surface area contributed by atoms with E-state index in [4.69, 9.17) is 23.2 Å². The summed E-state index contributed by atoms with van der Waals surface area (Å²) in [5, 5.41) is 4.59. The van der Waals surface area contributed by atoms with Gasteiger partial charge >= 0.3 is 0 Å². The molecule has 2 aromatic rings. The Hall–Kier alpha value is -1.09. The lowest BCUT2D eigenvalue weighted by Crippen LogP contribution is -2.13. The largest absolute Gasteiger partial charge is 0.379 e.